The Hall–Kier alpha value is -3.60. The monoisotopic (exact) mass is 374 g/mol. The van der Waals surface area contributed by atoms with Crippen LogP contribution in [0.1, 0.15) is 31.8 Å². The normalized spacial score (nSPS) is 10.2. The molecule has 142 valence electrons. The Morgan fingerprint density at radius 1 is 0.857 bits per heavy atom. The van der Waals surface area contributed by atoms with Crippen molar-refractivity contribution in [1.82, 2.24) is 5.32 Å². The maximum atomic E-state index is 12.6. The van der Waals surface area contributed by atoms with E-state index in [0.717, 1.165) is 11.1 Å². The number of benzene rings is 3. The van der Waals surface area contributed by atoms with Crippen LogP contribution in [-0.4, -0.2) is 18.9 Å². The molecule has 0 saturated carbocycles. The second-order valence-electron chi connectivity index (χ2n) is 6.31. The Morgan fingerprint density at radius 2 is 1.57 bits per heavy atom. The fourth-order valence-corrected chi connectivity index (χ4v) is 2.79. The lowest BCUT2D eigenvalue weighted by molar-refractivity contribution is 0.0960. The third kappa shape index (κ3) is 4.57. The molecule has 2 amide bonds. The first-order valence-electron chi connectivity index (χ1n) is 8.98. The molecule has 0 saturated heterocycles. The SMILES string of the molecule is CNC(=O)c1cccc(NC(=O)c2ccc(OCc3ccccc3)cc2)c1C. The molecule has 3 aromatic carbocycles. The van der Waals surface area contributed by atoms with Crippen molar-refractivity contribution in [3.8, 4) is 5.75 Å². The van der Waals surface area contributed by atoms with Gasteiger partial charge in [-0.2, -0.15) is 0 Å². The van der Waals surface area contributed by atoms with Crippen molar-refractivity contribution in [2.75, 3.05) is 12.4 Å². The molecule has 3 rings (SSSR count). The quantitative estimate of drug-likeness (QED) is 0.680. The van der Waals surface area contributed by atoms with Crippen LogP contribution in [0.4, 0.5) is 5.69 Å². The Bertz CT molecular complexity index is 967. The molecule has 5 heteroatoms. The summed E-state index contributed by atoms with van der Waals surface area (Å²) in [7, 11) is 1.58. The van der Waals surface area contributed by atoms with Crippen LogP contribution in [-0.2, 0) is 6.61 Å². The van der Waals surface area contributed by atoms with Crippen molar-refractivity contribution in [2.45, 2.75) is 13.5 Å². The lowest BCUT2D eigenvalue weighted by Crippen LogP contribution is -2.20. The number of hydrogen-bond acceptors (Lipinski definition) is 3. The van der Waals surface area contributed by atoms with Gasteiger partial charge in [0.05, 0.1) is 0 Å². The summed E-state index contributed by atoms with van der Waals surface area (Å²) in [4.78, 5) is 24.5. The summed E-state index contributed by atoms with van der Waals surface area (Å²) in [6.07, 6.45) is 0. The number of carbonyl (C=O) groups excluding carboxylic acids is 2. The number of hydrogen-bond donors (Lipinski definition) is 2. The Morgan fingerprint density at radius 3 is 2.25 bits per heavy atom. The maximum absolute atomic E-state index is 12.6. The zero-order valence-corrected chi connectivity index (χ0v) is 15.9. The molecule has 0 bridgehead atoms. The molecule has 3 aromatic rings. The van der Waals surface area contributed by atoms with Gasteiger partial charge in [0.15, 0.2) is 0 Å². The van der Waals surface area contributed by atoms with Gasteiger partial charge < -0.3 is 15.4 Å². The molecule has 0 radical (unpaired) electrons. The van der Waals surface area contributed by atoms with Crippen LogP contribution < -0.4 is 15.4 Å². The van der Waals surface area contributed by atoms with Crippen LogP contribution in [0.5, 0.6) is 5.75 Å². The number of ether oxygens (including phenoxy) is 1. The number of rotatable bonds is 6. The molecular weight excluding hydrogens is 352 g/mol. The summed E-state index contributed by atoms with van der Waals surface area (Å²) in [5.41, 5.74) is 3.45. The summed E-state index contributed by atoms with van der Waals surface area (Å²) in [5.74, 6) is 0.262. The summed E-state index contributed by atoms with van der Waals surface area (Å²) in [5, 5.41) is 5.46. The topological polar surface area (TPSA) is 67.4 Å². The molecule has 5 nitrogen and oxygen atoms in total. The molecule has 0 unspecified atom stereocenters. The van der Waals surface area contributed by atoms with E-state index in [2.05, 4.69) is 10.6 Å². The predicted molar refractivity (Wildman–Crippen MR) is 110 cm³/mol. The van der Waals surface area contributed by atoms with E-state index in [1.54, 1.807) is 56.4 Å². The van der Waals surface area contributed by atoms with E-state index in [9.17, 15) is 9.59 Å². The molecule has 0 aromatic heterocycles. The van der Waals surface area contributed by atoms with Crippen molar-refractivity contribution in [1.29, 1.82) is 0 Å². The molecular formula is C23H22N2O3. The van der Waals surface area contributed by atoms with E-state index in [1.807, 2.05) is 30.3 Å². The van der Waals surface area contributed by atoms with Gasteiger partial charge in [-0.1, -0.05) is 36.4 Å². The van der Waals surface area contributed by atoms with E-state index in [1.165, 1.54) is 0 Å². The molecule has 0 aliphatic heterocycles. The van der Waals surface area contributed by atoms with E-state index in [0.29, 0.717) is 29.2 Å². The van der Waals surface area contributed by atoms with E-state index in [-0.39, 0.29) is 11.8 Å². The summed E-state index contributed by atoms with van der Waals surface area (Å²) in [6.45, 7) is 2.28. The fraction of sp³-hybridized carbons (Fsp3) is 0.130. The molecule has 0 fully saturated rings. The van der Waals surface area contributed by atoms with Crippen molar-refractivity contribution in [3.05, 3.63) is 95.1 Å². The van der Waals surface area contributed by atoms with Gasteiger partial charge in [-0.25, -0.2) is 0 Å². The number of carbonyl (C=O) groups is 2. The van der Waals surface area contributed by atoms with Crippen molar-refractivity contribution in [3.63, 3.8) is 0 Å². The van der Waals surface area contributed by atoms with Crippen molar-refractivity contribution < 1.29 is 14.3 Å². The van der Waals surface area contributed by atoms with Crippen LogP contribution in [0.15, 0.2) is 72.8 Å². The second kappa shape index (κ2) is 8.86. The van der Waals surface area contributed by atoms with Gasteiger partial charge in [0.25, 0.3) is 11.8 Å². The third-order valence-corrected chi connectivity index (χ3v) is 4.42. The van der Waals surface area contributed by atoms with Crippen molar-refractivity contribution in [2.24, 2.45) is 0 Å². The van der Waals surface area contributed by atoms with Crippen LogP contribution in [0.3, 0.4) is 0 Å². The number of nitrogens with one attached hydrogen (secondary N) is 2. The highest BCUT2D eigenvalue weighted by Gasteiger charge is 2.13. The van der Waals surface area contributed by atoms with Gasteiger partial charge in [-0.3, -0.25) is 9.59 Å². The highest BCUT2D eigenvalue weighted by atomic mass is 16.5. The molecule has 0 aliphatic carbocycles. The molecule has 28 heavy (non-hydrogen) atoms. The first-order chi connectivity index (χ1) is 13.6. The lowest BCUT2D eigenvalue weighted by atomic mass is 10.1. The minimum absolute atomic E-state index is 0.187. The minimum atomic E-state index is -0.244. The lowest BCUT2D eigenvalue weighted by Gasteiger charge is -2.12. The molecule has 2 N–H and O–H groups in total. The van der Waals surface area contributed by atoms with Crippen LogP contribution in [0, 0.1) is 6.92 Å². The smallest absolute Gasteiger partial charge is 0.255 e. The van der Waals surface area contributed by atoms with Gasteiger partial charge in [0.1, 0.15) is 12.4 Å². The summed E-state index contributed by atoms with van der Waals surface area (Å²) >= 11 is 0. The van der Waals surface area contributed by atoms with Gasteiger partial charge in [-0.05, 0) is 54.4 Å². The highest BCUT2D eigenvalue weighted by molar-refractivity contribution is 6.06. The molecule has 0 spiro atoms. The fourth-order valence-electron chi connectivity index (χ4n) is 2.79. The first-order valence-corrected chi connectivity index (χ1v) is 8.98. The molecule has 0 aliphatic rings. The van der Waals surface area contributed by atoms with Gasteiger partial charge in [-0.15, -0.1) is 0 Å². The largest absolute Gasteiger partial charge is 0.489 e. The standard InChI is InChI=1S/C23H22N2O3/c1-16-20(23(27)24-2)9-6-10-21(16)25-22(26)18-11-13-19(14-12-18)28-15-17-7-4-3-5-8-17/h3-14H,15H2,1-2H3,(H,24,27)(H,25,26). The van der Waals surface area contributed by atoms with Gasteiger partial charge in [0, 0.05) is 23.9 Å². The minimum Gasteiger partial charge on any atom is -0.489 e. The number of anilines is 1. The first kappa shape index (κ1) is 19.2. The third-order valence-electron chi connectivity index (χ3n) is 4.42. The van der Waals surface area contributed by atoms with E-state index in [4.69, 9.17) is 4.74 Å². The molecule has 0 heterocycles. The summed E-state index contributed by atoms with van der Waals surface area (Å²) in [6, 6.07) is 22.1. The average Bonchev–Trinajstić information content (AvgIpc) is 2.74. The zero-order valence-electron chi connectivity index (χ0n) is 15.9. The molecule has 0 atom stereocenters. The highest BCUT2D eigenvalue weighted by Crippen LogP contribution is 2.21. The van der Waals surface area contributed by atoms with Gasteiger partial charge >= 0.3 is 0 Å². The zero-order chi connectivity index (χ0) is 19.9. The van der Waals surface area contributed by atoms with Crippen LogP contribution >= 0.6 is 0 Å². The van der Waals surface area contributed by atoms with Crippen LogP contribution in [0.25, 0.3) is 0 Å². The maximum Gasteiger partial charge on any atom is 0.255 e. The van der Waals surface area contributed by atoms with Gasteiger partial charge in [0.2, 0.25) is 0 Å². The van der Waals surface area contributed by atoms with E-state index < -0.39 is 0 Å². The van der Waals surface area contributed by atoms with E-state index >= 15 is 0 Å². The van der Waals surface area contributed by atoms with Crippen molar-refractivity contribution >= 4 is 17.5 Å². The summed E-state index contributed by atoms with van der Waals surface area (Å²) < 4.78 is 5.74. The Kier molecular flexibility index (Phi) is 6.07. The Balaban J connectivity index is 1.66. The Labute approximate surface area is 164 Å². The van der Waals surface area contributed by atoms with Crippen LogP contribution in [0.2, 0.25) is 0 Å². The predicted octanol–water partition coefficient (Wildman–Crippen LogP) is 4.19. The average molecular weight is 374 g/mol. The number of amides is 2. The second-order valence-corrected chi connectivity index (χ2v) is 6.31.